The molecule has 30 heavy (non-hydrogen) atoms. The Bertz CT molecular complexity index is 822. The second-order valence-electron chi connectivity index (χ2n) is 8.25. The van der Waals surface area contributed by atoms with Crippen molar-refractivity contribution in [2.45, 2.75) is 46.0 Å². The lowest BCUT2D eigenvalue weighted by Crippen LogP contribution is -2.41. The van der Waals surface area contributed by atoms with Gasteiger partial charge in [0.15, 0.2) is 0 Å². The normalized spacial score (nSPS) is 15.0. The van der Waals surface area contributed by atoms with E-state index in [2.05, 4.69) is 34.6 Å². The number of aryl methyl sites for hydroxylation is 2. The Hall–Kier alpha value is -2.66. The van der Waals surface area contributed by atoms with E-state index in [0.29, 0.717) is 6.54 Å². The standard InChI is InChI=1S/C25H33N3O2/c1-3-4-5-20-8-12-23(13-9-20)27-25(30)21-14-16-28(17-15-21)18-24(29)26-22-10-6-19(2)7-11-22/h6-13,21H,3-5,14-18H2,1-2H3,(H,26,29)(H,27,30). The van der Waals surface area contributed by atoms with E-state index in [-0.39, 0.29) is 17.7 Å². The molecule has 2 aromatic carbocycles. The number of hydrogen-bond acceptors (Lipinski definition) is 3. The number of nitrogens with zero attached hydrogens (tertiary/aromatic N) is 1. The fraction of sp³-hybridized carbons (Fsp3) is 0.440. The SMILES string of the molecule is CCCCc1ccc(NC(=O)C2CCN(CC(=O)Nc3ccc(C)cc3)CC2)cc1. The van der Waals surface area contributed by atoms with E-state index in [9.17, 15) is 9.59 Å². The highest BCUT2D eigenvalue weighted by atomic mass is 16.2. The minimum atomic E-state index is -0.00934. The van der Waals surface area contributed by atoms with Crippen LogP contribution in [0, 0.1) is 12.8 Å². The number of amides is 2. The summed E-state index contributed by atoms with van der Waals surface area (Å²) >= 11 is 0. The summed E-state index contributed by atoms with van der Waals surface area (Å²) in [6.07, 6.45) is 5.01. The number of carbonyl (C=O) groups excluding carboxylic acids is 2. The minimum absolute atomic E-state index is 0.00109. The van der Waals surface area contributed by atoms with Crippen molar-refractivity contribution < 1.29 is 9.59 Å². The van der Waals surface area contributed by atoms with Gasteiger partial charge in [-0.25, -0.2) is 0 Å². The van der Waals surface area contributed by atoms with E-state index in [1.165, 1.54) is 24.0 Å². The molecule has 0 aromatic heterocycles. The zero-order valence-electron chi connectivity index (χ0n) is 18.1. The number of likely N-dealkylation sites (tertiary alicyclic amines) is 1. The van der Waals surface area contributed by atoms with Crippen LogP contribution in [0.2, 0.25) is 0 Å². The first-order valence-electron chi connectivity index (χ1n) is 11.0. The number of rotatable bonds is 8. The third kappa shape index (κ3) is 6.70. The maximum absolute atomic E-state index is 12.6. The second-order valence-corrected chi connectivity index (χ2v) is 8.25. The van der Waals surface area contributed by atoms with Gasteiger partial charge in [-0.05, 0) is 75.5 Å². The summed E-state index contributed by atoms with van der Waals surface area (Å²) in [6, 6.07) is 16.0. The molecule has 3 rings (SSSR count). The van der Waals surface area contributed by atoms with Crippen LogP contribution in [0.4, 0.5) is 11.4 Å². The van der Waals surface area contributed by atoms with Gasteiger partial charge in [0, 0.05) is 17.3 Å². The number of nitrogens with one attached hydrogen (secondary N) is 2. The van der Waals surface area contributed by atoms with Gasteiger partial charge in [0.25, 0.3) is 0 Å². The van der Waals surface area contributed by atoms with Crippen LogP contribution >= 0.6 is 0 Å². The molecule has 1 aliphatic heterocycles. The average Bonchev–Trinajstić information content (AvgIpc) is 2.75. The summed E-state index contributed by atoms with van der Waals surface area (Å²) in [5.41, 5.74) is 4.16. The van der Waals surface area contributed by atoms with Gasteiger partial charge < -0.3 is 10.6 Å². The van der Waals surface area contributed by atoms with Crippen molar-refractivity contribution in [2.24, 2.45) is 5.92 Å². The monoisotopic (exact) mass is 407 g/mol. The minimum Gasteiger partial charge on any atom is -0.326 e. The Morgan fingerprint density at radius 3 is 2.17 bits per heavy atom. The Balaban J connectivity index is 1.40. The van der Waals surface area contributed by atoms with E-state index in [0.717, 1.165) is 43.7 Å². The smallest absolute Gasteiger partial charge is 0.238 e. The Morgan fingerprint density at radius 1 is 0.933 bits per heavy atom. The lowest BCUT2D eigenvalue weighted by molar-refractivity contribution is -0.121. The van der Waals surface area contributed by atoms with E-state index in [4.69, 9.17) is 0 Å². The molecule has 0 bridgehead atoms. The van der Waals surface area contributed by atoms with E-state index < -0.39 is 0 Å². The molecule has 0 unspecified atom stereocenters. The van der Waals surface area contributed by atoms with Gasteiger partial charge in [0.1, 0.15) is 0 Å². The van der Waals surface area contributed by atoms with Crippen LogP contribution in [0.15, 0.2) is 48.5 Å². The molecule has 5 heteroatoms. The zero-order chi connectivity index (χ0) is 21.3. The molecular weight excluding hydrogens is 374 g/mol. The summed E-state index contributed by atoms with van der Waals surface area (Å²) in [7, 11) is 0. The highest BCUT2D eigenvalue weighted by molar-refractivity contribution is 5.93. The third-order valence-electron chi connectivity index (χ3n) is 5.70. The van der Waals surface area contributed by atoms with Crippen LogP contribution in [0.1, 0.15) is 43.7 Å². The predicted octanol–water partition coefficient (Wildman–Crippen LogP) is 4.63. The highest BCUT2D eigenvalue weighted by Gasteiger charge is 2.26. The molecule has 2 aromatic rings. The van der Waals surface area contributed by atoms with Crippen molar-refractivity contribution in [3.8, 4) is 0 Å². The zero-order valence-corrected chi connectivity index (χ0v) is 18.1. The molecule has 5 nitrogen and oxygen atoms in total. The molecule has 160 valence electrons. The molecule has 1 fully saturated rings. The van der Waals surface area contributed by atoms with Gasteiger partial charge in [0.05, 0.1) is 6.54 Å². The molecule has 2 amide bonds. The first kappa shape index (κ1) is 22.0. The first-order chi connectivity index (χ1) is 14.5. The topological polar surface area (TPSA) is 61.4 Å². The summed E-state index contributed by atoms with van der Waals surface area (Å²) < 4.78 is 0. The van der Waals surface area contributed by atoms with Crippen molar-refractivity contribution in [1.82, 2.24) is 4.90 Å². The Morgan fingerprint density at radius 2 is 1.53 bits per heavy atom. The highest BCUT2D eigenvalue weighted by Crippen LogP contribution is 2.20. The Labute approximate surface area is 179 Å². The van der Waals surface area contributed by atoms with Crippen LogP contribution < -0.4 is 10.6 Å². The summed E-state index contributed by atoms with van der Waals surface area (Å²) in [4.78, 5) is 27.0. The van der Waals surface area contributed by atoms with Crippen LogP contribution in [-0.2, 0) is 16.0 Å². The van der Waals surface area contributed by atoms with Crippen molar-refractivity contribution in [3.05, 3.63) is 59.7 Å². The van der Waals surface area contributed by atoms with Gasteiger partial charge in [-0.3, -0.25) is 14.5 Å². The average molecular weight is 408 g/mol. The van der Waals surface area contributed by atoms with Gasteiger partial charge >= 0.3 is 0 Å². The third-order valence-corrected chi connectivity index (χ3v) is 5.70. The van der Waals surface area contributed by atoms with E-state index >= 15 is 0 Å². The second kappa shape index (κ2) is 10.9. The molecule has 1 heterocycles. The first-order valence-corrected chi connectivity index (χ1v) is 11.0. The number of piperidine rings is 1. The van der Waals surface area contributed by atoms with Gasteiger partial charge in [-0.1, -0.05) is 43.2 Å². The van der Waals surface area contributed by atoms with Crippen LogP contribution in [0.5, 0.6) is 0 Å². The summed E-state index contributed by atoms with van der Waals surface area (Å²) in [5.74, 6) is 0.0751. The predicted molar refractivity (Wildman–Crippen MR) is 123 cm³/mol. The number of hydrogen-bond donors (Lipinski definition) is 2. The molecule has 2 N–H and O–H groups in total. The van der Waals surface area contributed by atoms with Crippen molar-refractivity contribution in [2.75, 3.05) is 30.3 Å². The lowest BCUT2D eigenvalue weighted by atomic mass is 9.95. The van der Waals surface area contributed by atoms with Gasteiger partial charge in [0.2, 0.25) is 11.8 Å². The fourth-order valence-electron chi connectivity index (χ4n) is 3.77. The molecule has 1 saturated heterocycles. The number of unbranched alkanes of at least 4 members (excludes halogenated alkanes) is 1. The molecule has 0 radical (unpaired) electrons. The fourth-order valence-corrected chi connectivity index (χ4v) is 3.77. The molecule has 0 atom stereocenters. The summed E-state index contributed by atoms with van der Waals surface area (Å²) in [5, 5.41) is 5.99. The number of anilines is 2. The molecule has 0 saturated carbocycles. The Kier molecular flexibility index (Phi) is 8.03. The van der Waals surface area contributed by atoms with E-state index in [1.807, 2.05) is 43.3 Å². The summed E-state index contributed by atoms with van der Waals surface area (Å²) in [6.45, 7) is 6.09. The van der Waals surface area contributed by atoms with Gasteiger partial charge in [-0.2, -0.15) is 0 Å². The van der Waals surface area contributed by atoms with Crippen LogP contribution in [0.3, 0.4) is 0 Å². The maximum atomic E-state index is 12.6. The molecular formula is C25H33N3O2. The van der Waals surface area contributed by atoms with Crippen LogP contribution in [-0.4, -0.2) is 36.3 Å². The van der Waals surface area contributed by atoms with Gasteiger partial charge in [-0.15, -0.1) is 0 Å². The quantitative estimate of drug-likeness (QED) is 0.671. The van der Waals surface area contributed by atoms with Crippen molar-refractivity contribution in [3.63, 3.8) is 0 Å². The van der Waals surface area contributed by atoms with E-state index in [1.54, 1.807) is 0 Å². The molecule has 0 aliphatic carbocycles. The number of benzene rings is 2. The molecule has 0 spiro atoms. The largest absolute Gasteiger partial charge is 0.326 e. The van der Waals surface area contributed by atoms with Crippen LogP contribution in [0.25, 0.3) is 0 Å². The molecule has 1 aliphatic rings. The number of carbonyl (C=O) groups is 2. The van der Waals surface area contributed by atoms with Crippen molar-refractivity contribution in [1.29, 1.82) is 0 Å². The maximum Gasteiger partial charge on any atom is 0.238 e. The lowest BCUT2D eigenvalue weighted by Gasteiger charge is -2.30. The van der Waals surface area contributed by atoms with Crippen molar-refractivity contribution >= 4 is 23.2 Å².